The molecule has 0 radical (unpaired) electrons. The number of carbonyl (C=O) groups is 1. The van der Waals surface area contributed by atoms with Gasteiger partial charge in [-0.25, -0.2) is 0 Å². The van der Waals surface area contributed by atoms with E-state index in [4.69, 9.17) is 5.11 Å². The fourth-order valence-corrected chi connectivity index (χ4v) is 1.73. The summed E-state index contributed by atoms with van der Waals surface area (Å²) in [5.41, 5.74) is 0. The topological polar surface area (TPSA) is 61.4 Å². The largest absolute Gasteiger partial charge is 0.396 e. The lowest BCUT2D eigenvalue weighted by atomic mass is 10.0. The highest BCUT2D eigenvalue weighted by Gasteiger charge is 2.06. The van der Waals surface area contributed by atoms with E-state index in [1.807, 2.05) is 6.92 Å². The molecule has 0 saturated carbocycles. The number of hydrogen-bond donors (Lipinski definition) is 3. The van der Waals surface area contributed by atoms with Gasteiger partial charge < -0.3 is 15.7 Å². The summed E-state index contributed by atoms with van der Waals surface area (Å²) in [5.74, 6) is 0.633. The molecule has 0 heterocycles. The molecule has 0 bridgehead atoms. The molecule has 96 valence electrons. The van der Waals surface area contributed by atoms with Crippen molar-refractivity contribution in [3.63, 3.8) is 0 Å². The van der Waals surface area contributed by atoms with E-state index in [2.05, 4.69) is 17.6 Å². The van der Waals surface area contributed by atoms with Crippen LogP contribution in [-0.4, -0.2) is 37.3 Å². The average Bonchev–Trinajstić information content (AvgIpc) is 2.25. The van der Waals surface area contributed by atoms with Crippen LogP contribution in [-0.2, 0) is 4.79 Å². The van der Waals surface area contributed by atoms with Crippen molar-refractivity contribution in [2.75, 3.05) is 26.2 Å². The molecule has 1 atom stereocenters. The van der Waals surface area contributed by atoms with Crippen molar-refractivity contribution in [3.8, 4) is 0 Å². The molecule has 0 aromatic heterocycles. The molecule has 0 aliphatic carbocycles. The molecule has 4 nitrogen and oxygen atoms in total. The second kappa shape index (κ2) is 10.9. The lowest BCUT2D eigenvalue weighted by molar-refractivity contribution is -0.120. The number of amides is 1. The molecule has 0 aliphatic heterocycles. The first-order valence-corrected chi connectivity index (χ1v) is 6.32. The van der Waals surface area contributed by atoms with Crippen molar-refractivity contribution >= 4 is 5.91 Å². The summed E-state index contributed by atoms with van der Waals surface area (Å²) in [6.45, 7) is 6.64. The Morgan fingerprint density at radius 1 is 1.31 bits per heavy atom. The van der Waals surface area contributed by atoms with E-state index in [9.17, 15) is 4.79 Å². The number of nitrogens with one attached hydrogen (secondary N) is 2. The van der Waals surface area contributed by atoms with E-state index in [0.29, 0.717) is 18.9 Å². The molecule has 3 N–H and O–H groups in total. The molecule has 0 rings (SSSR count). The highest BCUT2D eigenvalue weighted by molar-refractivity contribution is 5.75. The Labute approximate surface area is 98.8 Å². The van der Waals surface area contributed by atoms with Gasteiger partial charge in [-0.1, -0.05) is 13.3 Å². The fraction of sp³-hybridized carbons (Fsp3) is 0.917. The summed E-state index contributed by atoms with van der Waals surface area (Å²) >= 11 is 0. The van der Waals surface area contributed by atoms with Gasteiger partial charge in [0.1, 0.15) is 0 Å². The Bertz CT molecular complexity index is 168. The minimum Gasteiger partial charge on any atom is -0.396 e. The number of hydrogen-bond acceptors (Lipinski definition) is 3. The fourth-order valence-electron chi connectivity index (χ4n) is 1.73. The Morgan fingerprint density at radius 2 is 2.06 bits per heavy atom. The van der Waals surface area contributed by atoms with Gasteiger partial charge >= 0.3 is 0 Å². The lowest BCUT2D eigenvalue weighted by Gasteiger charge is -2.15. The SMILES string of the molecule is CCCC(CCO)CNCCC(=O)NCC. The summed E-state index contributed by atoms with van der Waals surface area (Å²) in [5, 5.41) is 14.9. The summed E-state index contributed by atoms with van der Waals surface area (Å²) in [6, 6.07) is 0. The maximum Gasteiger partial charge on any atom is 0.221 e. The van der Waals surface area contributed by atoms with Crippen LogP contribution >= 0.6 is 0 Å². The molecule has 16 heavy (non-hydrogen) atoms. The molecule has 1 amide bonds. The van der Waals surface area contributed by atoms with Gasteiger partial charge in [-0.15, -0.1) is 0 Å². The average molecular weight is 230 g/mol. The molecule has 1 unspecified atom stereocenters. The summed E-state index contributed by atoms with van der Waals surface area (Å²) in [4.78, 5) is 11.1. The quantitative estimate of drug-likeness (QED) is 0.489. The highest BCUT2D eigenvalue weighted by Crippen LogP contribution is 2.08. The molecular formula is C12H26N2O2. The van der Waals surface area contributed by atoms with E-state index in [1.165, 1.54) is 0 Å². The predicted molar refractivity (Wildman–Crippen MR) is 66.3 cm³/mol. The smallest absolute Gasteiger partial charge is 0.221 e. The van der Waals surface area contributed by atoms with Gasteiger partial charge in [-0.05, 0) is 32.2 Å². The van der Waals surface area contributed by atoms with Gasteiger partial charge in [0.25, 0.3) is 0 Å². The second-order valence-corrected chi connectivity index (χ2v) is 4.07. The predicted octanol–water partition coefficient (Wildman–Crippen LogP) is 0.901. The number of aliphatic hydroxyl groups is 1. The van der Waals surface area contributed by atoms with Crippen LogP contribution in [0, 0.1) is 5.92 Å². The van der Waals surface area contributed by atoms with E-state index < -0.39 is 0 Å². The van der Waals surface area contributed by atoms with E-state index in [0.717, 1.165) is 32.4 Å². The van der Waals surface area contributed by atoms with Gasteiger partial charge in [-0.3, -0.25) is 4.79 Å². The van der Waals surface area contributed by atoms with Gasteiger partial charge in [0.2, 0.25) is 5.91 Å². The molecule has 0 fully saturated rings. The molecule has 0 aromatic carbocycles. The molecule has 0 aromatic rings. The van der Waals surface area contributed by atoms with Crippen LogP contribution in [0.5, 0.6) is 0 Å². The normalized spacial score (nSPS) is 12.4. The number of carbonyl (C=O) groups excluding carboxylic acids is 1. The monoisotopic (exact) mass is 230 g/mol. The second-order valence-electron chi connectivity index (χ2n) is 4.07. The van der Waals surface area contributed by atoms with E-state index >= 15 is 0 Å². The van der Waals surface area contributed by atoms with Crippen LogP contribution in [0.15, 0.2) is 0 Å². The Hall–Kier alpha value is -0.610. The Kier molecular flexibility index (Phi) is 10.5. The lowest BCUT2D eigenvalue weighted by Crippen LogP contribution is -2.30. The number of aliphatic hydroxyl groups excluding tert-OH is 1. The van der Waals surface area contributed by atoms with Crippen LogP contribution in [0.4, 0.5) is 0 Å². The van der Waals surface area contributed by atoms with Crippen molar-refractivity contribution in [1.82, 2.24) is 10.6 Å². The summed E-state index contributed by atoms with van der Waals surface area (Å²) in [6.07, 6.45) is 3.66. The van der Waals surface area contributed by atoms with Crippen LogP contribution < -0.4 is 10.6 Å². The highest BCUT2D eigenvalue weighted by atomic mass is 16.3. The van der Waals surface area contributed by atoms with Crippen molar-refractivity contribution in [2.24, 2.45) is 5.92 Å². The third kappa shape index (κ3) is 8.68. The Morgan fingerprint density at radius 3 is 2.62 bits per heavy atom. The third-order valence-corrected chi connectivity index (χ3v) is 2.57. The zero-order chi connectivity index (χ0) is 12.2. The van der Waals surface area contributed by atoms with E-state index in [1.54, 1.807) is 0 Å². The van der Waals surface area contributed by atoms with Crippen LogP contribution in [0.25, 0.3) is 0 Å². The molecule has 0 saturated heterocycles. The van der Waals surface area contributed by atoms with Crippen molar-refractivity contribution < 1.29 is 9.90 Å². The van der Waals surface area contributed by atoms with Gasteiger partial charge in [-0.2, -0.15) is 0 Å². The zero-order valence-electron chi connectivity index (χ0n) is 10.6. The maximum absolute atomic E-state index is 11.1. The zero-order valence-corrected chi connectivity index (χ0v) is 10.6. The molecular weight excluding hydrogens is 204 g/mol. The first kappa shape index (κ1) is 15.4. The van der Waals surface area contributed by atoms with Crippen molar-refractivity contribution in [3.05, 3.63) is 0 Å². The van der Waals surface area contributed by atoms with E-state index in [-0.39, 0.29) is 12.5 Å². The Balaban J connectivity index is 3.49. The molecule has 4 heteroatoms. The first-order valence-electron chi connectivity index (χ1n) is 6.32. The summed E-state index contributed by atoms with van der Waals surface area (Å²) < 4.78 is 0. The van der Waals surface area contributed by atoms with Gasteiger partial charge in [0, 0.05) is 26.1 Å². The standard InChI is InChI=1S/C12H26N2O2/c1-3-5-11(7-9-15)10-13-8-6-12(16)14-4-2/h11,13,15H,3-10H2,1-2H3,(H,14,16). The first-order chi connectivity index (χ1) is 7.74. The van der Waals surface area contributed by atoms with Crippen molar-refractivity contribution in [1.29, 1.82) is 0 Å². The minimum absolute atomic E-state index is 0.101. The number of rotatable bonds is 10. The van der Waals surface area contributed by atoms with Crippen LogP contribution in [0.1, 0.15) is 39.5 Å². The maximum atomic E-state index is 11.1. The molecule has 0 aliphatic rings. The molecule has 0 spiro atoms. The van der Waals surface area contributed by atoms with Crippen LogP contribution in [0.3, 0.4) is 0 Å². The van der Waals surface area contributed by atoms with Gasteiger partial charge in [0.15, 0.2) is 0 Å². The van der Waals surface area contributed by atoms with Crippen LogP contribution in [0.2, 0.25) is 0 Å². The minimum atomic E-state index is 0.101. The third-order valence-electron chi connectivity index (χ3n) is 2.57. The van der Waals surface area contributed by atoms with Crippen molar-refractivity contribution in [2.45, 2.75) is 39.5 Å². The summed E-state index contributed by atoms with van der Waals surface area (Å²) in [7, 11) is 0. The van der Waals surface area contributed by atoms with Gasteiger partial charge in [0.05, 0.1) is 0 Å².